The lowest BCUT2D eigenvalue weighted by atomic mass is 10.1. The second-order valence-electron chi connectivity index (χ2n) is 3.26. The van der Waals surface area contributed by atoms with Crippen molar-refractivity contribution < 1.29 is 5.11 Å². The second-order valence-corrected chi connectivity index (χ2v) is 4.05. The predicted molar refractivity (Wildman–Crippen MR) is 63.9 cm³/mol. The van der Waals surface area contributed by atoms with Crippen molar-refractivity contribution in [3.05, 3.63) is 40.1 Å². The van der Waals surface area contributed by atoms with Gasteiger partial charge in [-0.25, -0.2) is 4.98 Å². The van der Waals surface area contributed by atoms with Crippen LogP contribution in [0.15, 0.2) is 24.4 Å². The molecule has 1 aromatic heterocycles. The first-order valence-corrected chi connectivity index (χ1v) is 5.32. The van der Waals surface area contributed by atoms with Crippen molar-refractivity contribution in [3.63, 3.8) is 0 Å². The molecular weight excluding hydrogens is 247 g/mol. The SMILES string of the molecule is Cc1ncc(O)nc1-c1cccc(Cl)c1Cl. The maximum atomic E-state index is 9.31. The van der Waals surface area contributed by atoms with Crippen molar-refractivity contribution in [1.29, 1.82) is 0 Å². The normalized spacial score (nSPS) is 10.4. The minimum absolute atomic E-state index is 0.142. The number of aromatic nitrogens is 2. The summed E-state index contributed by atoms with van der Waals surface area (Å²) >= 11 is 12.0. The van der Waals surface area contributed by atoms with Crippen molar-refractivity contribution in [2.75, 3.05) is 0 Å². The molecule has 0 aliphatic rings. The molecule has 1 heterocycles. The van der Waals surface area contributed by atoms with Crippen molar-refractivity contribution >= 4 is 23.2 Å². The van der Waals surface area contributed by atoms with Crippen LogP contribution in [0.2, 0.25) is 10.0 Å². The fourth-order valence-corrected chi connectivity index (χ4v) is 1.77. The second kappa shape index (κ2) is 4.28. The number of halogens is 2. The molecule has 0 aliphatic heterocycles. The first-order chi connectivity index (χ1) is 7.59. The first-order valence-electron chi connectivity index (χ1n) is 4.56. The molecule has 0 bridgehead atoms. The molecule has 0 aliphatic carbocycles. The van der Waals surface area contributed by atoms with Crippen molar-refractivity contribution in [2.24, 2.45) is 0 Å². The average Bonchev–Trinajstić information content (AvgIpc) is 2.26. The van der Waals surface area contributed by atoms with Gasteiger partial charge in [0.15, 0.2) is 0 Å². The van der Waals surface area contributed by atoms with Crippen LogP contribution in [0.5, 0.6) is 5.88 Å². The Hall–Kier alpha value is -1.32. The minimum Gasteiger partial charge on any atom is -0.492 e. The van der Waals surface area contributed by atoms with E-state index in [9.17, 15) is 5.11 Å². The maximum Gasteiger partial charge on any atom is 0.230 e. The molecule has 0 fully saturated rings. The zero-order chi connectivity index (χ0) is 11.7. The summed E-state index contributed by atoms with van der Waals surface area (Å²) in [5, 5.41) is 10.2. The molecule has 0 unspecified atom stereocenters. The van der Waals surface area contributed by atoms with Crippen molar-refractivity contribution in [2.45, 2.75) is 6.92 Å². The van der Waals surface area contributed by atoms with E-state index in [0.29, 0.717) is 27.0 Å². The molecule has 0 saturated carbocycles. The number of benzene rings is 1. The molecule has 2 aromatic rings. The number of hydrogen-bond acceptors (Lipinski definition) is 3. The lowest BCUT2D eigenvalue weighted by Gasteiger charge is -2.07. The molecule has 1 N–H and O–H groups in total. The van der Waals surface area contributed by atoms with E-state index in [1.54, 1.807) is 25.1 Å². The Morgan fingerprint density at radius 3 is 2.75 bits per heavy atom. The lowest BCUT2D eigenvalue weighted by Crippen LogP contribution is -1.92. The summed E-state index contributed by atoms with van der Waals surface area (Å²) in [6, 6.07) is 5.25. The van der Waals surface area contributed by atoms with Crippen LogP contribution in [0.1, 0.15) is 5.69 Å². The third kappa shape index (κ3) is 1.96. The molecule has 0 radical (unpaired) electrons. The van der Waals surface area contributed by atoms with E-state index in [-0.39, 0.29) is 5.88 Å². The van der Waals surface area contributed by atoms with Gasteiger partial charge in [-0.05, 0) is 13.0 Å². The molecule has 16 heavy (non-hydrogen) atoms. The Balaban J connectivity index is 2.67. The summed E-state index contributed by atoms with van der Waals surface area (Å²) in [5.74, 6) is -0.142. The van der Waals surface area contributed by atoms with Crippen LogP contribution in [0.25, 0.3) is 11.3 Å². The summed E-state index contributed by atoms with van der Waals surface area (Å²) < 4.78 is 0. The highest BCUT2D eigenvalue weighted by Crippen LogP contribution is 2.33. The highest BCUT2D eigenvalue weighted by molar-refractivity contribution is 6.43. The number of rotatable bonds is 1. The molecule has 0 spiro atoms. The number of aryl methyl sites for hydroxylation is 1. The monoisotopic (exact) mass is 254 g/mol. The van der Waals surface area contributed by atoms with Crippen molar-refractivity contribution in [3.8, 4) is 17.1 Å². The largest absolute Gasteiger partial charge is 0.492 e. The van der Waals surface area contributed by atoms with Gasteiger partial charge >= 0.3 is 0 Å². The van der Waals surface area contributed by atoms with Gasteiger partial charge in [0, 0.05) is 5.56 Å². The predicted octanol–water partition coefficient (Wildman–Crippen LogP) is 3.46. The van der Waals surface area contributed by atoms with Crippen LogP contribution in [0.4, 0.5) is 0 Å². The standard InChI is InChI=1S/C11H8Cl2N2O/c1-6-11(15-9(16)5-14-6)7-3-2-4-8(12)10(7)13/h2-5H,1H3,(H,15,16). The van der Waals surface area contributed by atoms with Crippen LogP contribution in [0, 0.1) is 6.92 Å². The third-order valence-electron chi connectivity index (χ3n) is 2.15. The number of aromatic hydroxyl groups is 1. The van der Waals surface area contributed by atoms with E-state index in [0.717, 1.165) is 0 Å². The van der Waals surface area contributed by atoms with E-state index in [1.165, 1.54) is 6.20 Å². The van der Waals surface area contributed by atoms with Crippen LogP contribution < -0.4 is 0 Å². The highest BCUT2D eigenvalue weighted by Gasteiger charge is 2.11. The summed E-state index contributed by atoms with van der Waals surface area (Å²) in [7, 11) is 0. The van der Waals surface area contributed by atoms with Gasteiger partial charge in [-0.3, -0.25) is 4.98 Å². The van der Waals surface area contributed by atoms with E-state index < -0.39 is 0 Å². The molecule has 3 nitrogen and oxygen atoms in total. The molecule has 0 atom stereocenters. The third-order valence-corrected chi connectivity index (χ3v) is 2.97. The van der Waals surface area contributed by atoms with Gasteiger partial charge in [-0.2, -0.15) is 0 Å². The molecule has 1 aromatic carbocycles. The first kappa shape index (κ1) is 11.2. The van der Waals surface area contributed by atoms with Crippen molar-refractivity contribution in [1.82, 2.24) is 9.97 Å². The molecule has 2 rings (SSSR count). The molecule has 0 saturated heterocycles. The quantitative estimate of drug-likeness (QED) is 0.848. The van der Waals surface area contributed by atoms with Crippen LogP contribution in [-0.2, 0) is 0 Å². The maximum absolute atomic E-state index is 9.31. The zero-order valence-corrected chi connectivity index (χ0v) is 9.92. The molecule has 0 amide bonds. The van der Waals surface area contributed by atoms with Gasteiger partial charge in [0.2, 0.25) is 5.88 Å². The summed E-state index contributed by atoms with van der Waals surface area (Å²) in [6.45, 7) is 1.79. The van der Waals surface area contributed by atoms with Gasteiger partial charge < -0.3 is 5.11 Å². The van der Waals surface area contributed by atoms with Crippen LogP contribution in [-0.4, -0.2) is 15.1 Å². The Kier molecular flexibility index (Phi) is 2.99. The average molecular weight is 255 g/mol. The summed E-state index contributed by atoms with van der Waals surface area (Å²) in [5.41, 5.74) is 1.88. The fraction of sp³-hybridized carbons (Fsp3) is 0.0909. The number of nitrogens with zero attached hydrogens (tertiary/aromatic N) is 2. The topological polar surface area (TPSA) is 46.0 Å². The lowest BCUT2D eigenvalue weighted by molar-refractivity contribution is 0.450. The molecule has 82 valence electrons. The Bertz CT molecular complexity index is 544. The minimum atomic E-state index is -0.142. The van der Waals surface area contributed by atoms with Crippen LogP contribution >= 0.6 is 23.2 Å². The molecule has 5 heteroatoms. The highest BCUT2D eigenvalue weighted by atomic mass is 35.5. The van der Waals surface area contributed by atoms with E-state index in [2.05, 4.69) is 9.97 Å². The van der Waals surface area contributed by atoms with E-state index in [1.807, 2.05) is 0 Å². The number of hydrogen-bond donors (Lipinski definition) is 1. The van der Waals surface area contributed by atoms with Gasteiger partial charge in [-0.1, -0.05) is 35.3 Å². The molecular formula is C11H8Cl2N2O. The Morgan fingerprint density at radius 1 is 1.25 bits per heavy atom. The zero-order valence-electron chi connectivity index (χ0n) is 8.41. The van der Waals surface area contributed by atoms with Gasteiger partial charge in [-0.15, -0.1) is 0 Å². The Labute approximate surface area is 103 Å². The van der Waals surface area contributed by atoms with E-state index in [4.69, 9.17) is 23.2 Å². The fourth-order valence-electron chi connectivity index (χ4n) is 1.38. The summed E-state index contributed by atoms with van der Waals surface area (Å²) in [4.78, 5) is 8.01. The summed E-state index contributed by atoms with van der Waals surface area (Å²) in [6.07, 6.45) is 1.29. The van der Waals surface area contributed by atoms with E-state index >= 15 is 0 Å². The smallest absolute Gasteiger partial charge is 0.230 e. The van der Waals surface area contributed by atoms with Crippen LogP contribution in [0.3, 0.4) is 0 Å². The van der Waals surface area contributed by atoms with Gasteiger partial charge in [0.05, 0.1) is 27.6 Å². The Morgan fingerprint density at radius 2 is 2.00 bits per heavy atom. The van der Waals surface area contributed by atoms with Gasteiger partial charge in [0.25, 0.3) is 0 Å². The van der Waals surface area contributed by atoms with Gasteiger partial charge in [0.1, 0.15) is 0 Å².